The molecule has 2 N–H and O–H groups in total. The van der Waals surface area contributed by atoms with E-state index in [1.54, 1.807) is 19.1 Å². The zero-order valence-electron chi connectivity index (χ0n) is 11.3. The first-order valence-electron chi connectivity index (χ1n) is 5.93. The van der Waals surface area contributed by atoms with E-state index in [0.717, 1.165) is 0 Å². The van der Waals surface area contributed by atoms with Gasteiger partial charge in [-0.3, -0.25) is 4.79 Å². The van der Waals surface area contributed by atoms with Gasteiger partial charge in [-0.2, -0.15) is 0 Å². The van der Waals surface area contributed by atoms with Crippen molar-refractivity contribution >= 4 is 33.2 Å². The molecule has 2 rings (SSSR count). The highest BCUT2D eigenvalue weighted by Gasteiger charge is 2.17. The van der Waals surface area contributed by atoms with Gasteiger partial charge in [0.25, 0.3) is 5.91 Å². The summed E-state index contributed by atoms with van der Waals surface area (Å²) in [5.74, 6) is -0.481. The van der Waals surface area contributed by atoms with Crippen molar-refractivity contribution in [2.24, 2.45) is 0 Å². The molecule has 112 valence electrons. The van der Waals surface area contributed by atoms with Gasteiger partial charge in [-0.1, -0.05) is 6.07 Å². The Balaban J connectivity index is 2.33. The maximum Gasteiger partial charge on any atom is 0.260 e. The van der Waals surface area contributed by atoms with Crippen LogP contribution in [0.2, 0.25) is 5.22 Å². The van der Waals surface area contributed by atoms with Gasteiger partial charge in [0.1, 0.15) is 0 Å². The van der Waals surface area contributed by atoms with E-state index in [1.807, 2.05) is 0 Å². The third-order valence-electron chi connectivity index (χ3n) is 2.87. The minimum absolute atomic E-state index is 0.0253. The van der Waals surface area contributed by atoms with Gasteiger partial charge in [-0.15, -0.1) is 0 Å². The number of aryl methyl sites for hydroxylation is 1. The molecule has 0 bridgehead atoms. The van der Waals surface area contributed by atoms with Gasteiger partial charge in [0.05, 0.1) is 16.7 Å². The number of hydrogen-bond donors (Lipinski definition) is 2. The highest BCUT2D eigenvalue weighted by Crippen LogP contribution is 2.22. The van der Waals surface area contributed by atoms with E-state index < -0.39 is 15.9 Å². The Labute approximate surface area is 127 Å². The van der Waals surface area contributed by atoms with E-state index in [4.69, 9.17) is 16.0 Å². The molecule has 0 fully saturated rings. The Morgan fingerprint density at radius 2 is 2.00 bits per heavy atom. The molecule has 0 aliphatic rings. The van der Waals surface area contributed by atoms with Crippen LogP contribution in [0.5, 0.6) is 0 Å². The van der Waals surface area contributed by atoms with E-state index in [0.29, 0.717) is 11.3 Å². The summed E-state index contributed by atoms with van der Waals surface area (Å²) in [6.07, 6.45) is 1.29. The molecule has 0 atom stereocenters. The minimum Gasteiger partial charge on any atom is -0.452 e. The quantitative estimate of drug-likeness (QED) is 0.902. The summed E-state index contributed by atoms with van der Waals surface area (Å²) >= 11 is 5.72. The summed E-state index contributed by atoms with van der Waals surface area (Å²) in [5.41, 5.74) is 1.09. The maximum atomic E-state index is 12.0. The lowest BCUT2D eigenvalue weighted by atomic mass is 10.2. The van der Waals surface area contributed by atoms with Crippen LogP contribution in [0, 0.1) is 6.92 Å². The molecule has 8 heteroatoms. The Morgan fingerprint density at radius 3 is 2.57 bits per heavy atom. The lowest BCUT2D eigenvalue weighted by Crippen LogP contribution is -2.20. The van der Waals surface area contributed by atoms with Gasteiger partial charge < -0.3 is 9.73 Å². The van der Waals surface area contributed by atoms with Crippen LogP contribution in [0.15, 0.2) is 39.8 Å². The Hall–Kier alpha value is -1.83. The summed E-state index contributed by atoms with van der Waals surface area (Å²) < 4.78 is 30.8. The summed E-state index contributed by atoms with van der Waals surface area (Å²) in [4.78, 5) is 12.1. The molecule has 0 radical (unpaired) electrons. The highest BCUT2D eigenvalue weighted by atomic mass is 35.5. The topological polar surface area (TPSA) is 88.4 Å². The number of amides is 1. The van der Waals surface area contributed by atoms with Gasteiger partial charge >= 0.3 is 0 Å². The molecule has 0 saturated heterocycles. The van der Waals surface area contributed by atoms with Crippen molar-refractivity contribution in [1.29, 1.82) is 0 Å². The van der Waals surface area contributed by atoms with Gasteiger partial charge in [0.2, 0.25) is 15.2 Å². The standard InChI is InChI=1S/C13H13ClN2O4S/c1-8-3-4-9(7-11(8)21(18,19)15-2)16-13(17)10-5-6-20-12(10)14/h3-7,15H,1-2H3,(H,16,17). The Morgan fingerprint density at radius 1 is 1.29 bits per heavy atom. The smallest absolute Gasteiger partial charge is 0.260 e. The lowest BCUT2D eigenvalue weighted by molar-refractivity contribution is 0.102. The van der Waals surface area contributed by atoms with Gasteiger partial charge in [-0.05, 0) is 49.3 Å². The van der Waals surface area contributed by atoms with Gasteiger partial charge in [0, 0.05) is 5.69 Å². The number of halogens is 1. The predicted octanol–water partition coefficient (Wildman–Crippen LogP) is 2.40. The Kier molecular flexibility index (Phi) is 4.36. The van der Waals surface area contributed by atoms with E-state index in [-0.39, 0.29) is 15.7 Å². The molecule has 6 nitrogen and oxygen atoms in total. The van der Waals surface area contributed by atoms with Crippen LogP contribution in [0.4, 0.5) is 5.69 Å². The molecule has 0 aliphatic heterocycles. The number of furan rings is 1. The zero-order chi connectivity index (χ0) is 15.6. The first kappa shape index (κ1) is 15.6. The van der Waals surface area contributed by atoms with Crippen molar-refractivity contribution < 1.29 is 17.6 Å². The van der Waals surface area contributed by atoms with E-state index >= 15 is 0 Å². The molecule has 21 heavy (non-hydrogen) atoms. The maximum absolute atomic E-state index is 12.0. The number of hydrogen-bond acceptors (Lipinski definition) is 4. The first-order valence-corrected chi connectivity index (χ1v) is 7.80. The fraction of sp³-hybridized carbons (Fsp3) is 0.154. The molecular weight excluding hydrogens is 316 g/mol. The molecule has 0 unspecified atom stereocenters. The minimum atomic E-state index is -3.60. The fourth-order valence-corrected chi connectivity index (χ4v) is 2.93. The third-order valence-corrected chi connectivity index (χ3v) is 4.72. The highest BCUT2D eigenvalue weighted by molar-refractivity contribution is 7.89. The molecule has 1 aromatic heterocycles. The zero-order valence-corrected chi connectivity index (χ0v) is 12.9. The molecule has 1 heterocycles. The summed E-state index contributed by atoms with van der Waals surface area (Å²) in [5, 5.41) is 2.55. The lowest BCUT2D eigenvalue weighted by Gasteiger charge is -2.10. The van der Waals surface area contributed by atoms with Crippen molar-refractivity contribution in [2.75, 3.05) is 12.4 Å². The van der Waals surface area contributed by atoms with Crippen molar-refractivity contribution in [3.8, 4) is 0 Å². The van der Waals surface area contributed by atoms with Crippen LogP contribution in [0.1, 0.15) is 15.9 Å². The average molecular weight is 329 g/mol. The van der Waals surface area contributed by atoms with Gasteiger partial charge in [0.15, 0.2) is 0 Å². The molecule has 0 saturated carbocycles. The van der Waals surface area contributed by atoms with Crippen LogP contribution in [0.3, 0.4) is 0 Å². The van der Waals surface area contributed by atoms with Gasteiger partial charge in [-0.25, -0.2) is 13.1 Å². The monoisotopic (exact) mass is 328 g/mol. The molecule has 0 spiro atoms. The second-order valence-corrected chi connectivity index (χ2v) is 6.45. The number of sulfonamides is 1. The van der Waals surface area contributed by atoms with Crippen molar-refractivity contribution in [3.63, 3.8) is 0 Å². The number of carbonyl (C=O) groups is 1. The van der Waals surface area contributed by atoms with Crippen LogP contribution in [-0.4, -0.2) is 21.4 Å². The Bertz CT molecular complexity index is 783. The molecule has 2 aromatic rings. The second-order valence-electron chi connectivity index (χ2n) is 4.25. The number of nitrogens with one attached hydrogen (secondary N) is 2. The number of anilines is 1. The van der Waals surface area contributed by atoms with E-state index in [1.165, 1.54) is 25.4 Å². The van der Waals surface area contributed by atoms with Crippen LogP contribution < -0.4 is 10.0 Å². The van der Waals surface area contributed by atoms with E-state index in [9.17, 15) is 13.2 Å². The number of rotatable bonds is 4. The molecular formula is C13H13ClN2O4S. The van der Waals surface area contributed by atoms with Crippen molar-refractivity contribution in [3.05, 3.63) is 46.9 Å². The summed E-state index contributed by atoms with van der Waals surface area (Å²) in [7, 11) is -2.27. The van der Waals surface area contributed by atoms with Crippen LogP contribution in [0.25, 0.3) is 0 Å². The molecule has 1 aromatic carbocycles. The summed E-state index contributed by atoms with van der Waals surface area (Å²) in [6, 6.07) is 6.02. The van der Waals surface area contributed by atoms with E-state index in [2.05, 4.69) is 10.0 Å². The first-order chi connectivity index (χ1) is 9.85. The average Bonchev–Trinajstić information content (AvgIpc) is 2.87. The third kappa shape index (κ3) is 3.26. The van der Waals surface area contributed by atoms with Crippen molar-refractivity contribution in [2.45, 2.75) is 11.8 Å². The number of carbonyl (C=O) groups excluding carboxylic acids is 1. The van der Waals surface area contributed by atoms with Crippen LogP contribution in [-0.2, 0) is 10.0 Å². The largest absolute Gasteiger partial charge is 0.452 e. The van der Waals surface area contributed by atoms with Crippen molar-refractivity contribution in [1.82, 2.24) is 4.72 Å². The predicted molar refractivity (Wildman–Crippen MR) is 79.1 cm³/mol. The molecule has 1 amide bonds. The number of benzene rings is 1. The fourth-order valence-electron chi connectivity index (χ4n) is 1.73. The SMILES string of the molecule is CNS(=O)(=O)c1cc(NC(=O)c2ccoc2Cl)ccc1C. The molecule has 0 aliphatic carbocycles. The van der Waals surface area contributed by atoms with Crippen LogP contribution >= 0.6 is 11.6 Å². The normalized spacial score (nSPS) is 11.4. The summed E-state index contributed by atoms with van der Waals surface area (Å²) in [6.45, 7) is 1.67. The second kappa shape index (κ2) is 5.88.